The molecule has 1 unspecified atom stereocenters. The average Bonchev–Trinajstić information content (AvgIpc) is 2.28. The molecule has 0 saturated carbocycles. The quantitative estimate of drug-likeness (QED) is 0.794. The standard InChI is InChI=1S/C11H18N4O2/c1-4-5-8(12)10(16)15-11-13-7(2)6-9(14-11)17-3/h6,8H,4-5,12H2,1-3H3,(H,13,14,15,16). The maximum absolute atomic E-state index is 11.7. The second-order valence-electron chi connectivity index (χ2n) is 3.76. The number of ether oxygens (including phenoxy) is 1. The van der Waals surface area contributed by atoms with Crippen molar-refractivity contribution in [3.63, 3.8) is 0 Å². The molecule has 1 rings (SSSR count). The summed E-state index contributed by atoms with van der Waals surface area (Å²) in [5, 5.41) is 2.58. The summed E-state index contributed by atoms with van der Waals surface area (Å²) < 4.78 is 4.99. The minimum Gasteiger partial charge on any atom is -0.481 e. The van der Waals surface area contributed by atoms with Gasteiger partial charge in [-0.25, -0.2) is 4.98 Å². The lowest BCUT2D eigenvalue weighted by atomic mass is 10.2. The Labute approximate surface area is 101 Å². The van der Waals surface area contributed by atoms with Crippen molar-refractivity contribution in [3.05, 3.63) is 11.8 Å². The molecule has 1 heterocycles. The third kappa shape index (κ3) is 3.99. The van der Waals surface area contributed by atoms with Crippen LogP contribution in [0.5, 0.6) is 5.88 Å². The summed E-state index contributed by atoms with van der Waals surface area (Å²) >= 11 is 0. The maximum atomic E-state index is 11.7. The summed E-state index contributed by atoms with van der Waals surface area (Å²) in [6, 6.07) is 1.15. The van der Waals surface area contributed by atoms with Gasteiger partial charge in [0, 0.05) is 11.8 Å². The molecular weight excluding hydrogens is 220 g/mol. The number of carbonyl (C=O) groups is 1. The van der Waals surface area contributed by atoms with Crippen molar-refractivity contribution < 1.29 is 9.53 Å². The topological polar surface area (TPSA) is 90.1 Å². The summed E-state index contributed by atoms with van der Waals surface area (Å²) in [6.07, 6.45) is 1.49. The summed E-state index contributed by atoms with van der Waals surface area (Å²) in [4.78, 5) is 19.8. The fourth-order valence-corrected chi connectivity index (χ4v) is 1.35. The molecule has 6 nitrogen and oxygen atoms in total. The minimum atomic E-state index is -0.532. The van der Waals surface area contributed by atoms with Crippen LogP contribution in [-0.4, -0.2) is 29.0 Å². The first-order valence-electron chi connectivity index (χ1n) is 5.53. The van der Waals surface area contributed by atoms with Gasteiger partial charge in [0.1, 0.15) is 0 Å². The Morgan fingerprint density at radius 3 is 2.88 bits per heavy atom. The van der Waals surface area contributed by atoms with Crippen LogP contribution in [0.3, 0.4) is 0 Å². The zero-order chi connectivity index (χ0) is 12.8. The van der Waals surface area contributed by atoms with Crippen LogP contribution in [0.4, 0.5) is 5.95 Å². The number of nitrogens with zero attached hydrogens (tertiary/aromatic N) is 2. The molecule has 0 fully saturated rings. The van der Waals surface area contributed by atoms with Crippen LogP contribution in [0.1, 0.15) is 25.5 Å². The van der Waals surface area contributed by atoms with Gasteiger partial charge in [-0.3, -0.25) is 10.1 Å². The lowest BCUT2D eigenvalue weighted by molar-refractivity contribution is -0.117. The second kappa shape index (κ2) is 6.15. The molecule has 0 aliphatic carbocycles. The molecule has 0 aliphatic rings. The molecule has 1 aromatic heterocycles. The fourth-order valence-electron chi connectivity index (χ4n) is 1.35. The van der Waals surface area contributed by atoms with Gasteiger partial charge in [-0.05, 0) is 13.3 Å². The van der Waals surface area contributed by atoms with Gasteiger partial charge in [-0.1, -0.05) is 13.3 Å². The molecule has 1 amide bonds. The number of anilines is 1. The van der Waals surface area contributed by atoms with E-state index in [4.69, 9.17) is 10.5 Å². The predicted octanol–water partition coefficient (Wildman–Crippen LogP) is 0.860. The number of nitrogens with two attached hydrogens (primary N) is 1. The molecule has 17 heavy (non-hydrogen) atoms. The smallest absolute Gasteiger partial charge is 0.243 e. The third-order valence-electron chi connectivity index (χ3n) is 2.21. The van der Waals surface area contributed by atoms with Crippen LogP contribution in [0, 0.1) is 6.92 Å². The molecule has 0 spiro atoms. The van der Waals surface area contributed by atoms with Gasteiger partial charge in [-0.2, -0.15) is 4.98 Å². The highest BCUT2D eigenvalue weighted by molar-refractivity contribution is 5.93. The van der Waals surface area contributed by atoms with Gasteiger partial charge >= 0.3 is 0 Å². The Morgan fingerprint density at radius 1 is 1.59 bits per heavy atom. The van der Waals surface area contributed by atoms with Gasteiger partial charge in [0.2, 0.25) is 17.7 Å². The van der Waals surface area contributed by atoms with E-state index in [-0.39, 0.29) is 11.9 Å². The number of carbonyl (C=O) groups excluding carboxylic acids is 1. The van der Waals surface area contributed by atoms with Crippen LogP contribution in [0.25, 0.3) is 0 Å². The Bertz CT molecular complexity index is 395. The normalized spacial score (nSPS) is 12.0. The minimum absolute atomic E-state index is 0.221. The van der Waals surface area contributed by atoms with E-state index >= 15 is 0 Å². The monoisotopic (exact) mass is 238 g/mol. The third-order valence-corrected chi connectivity index (χ3v) is 2.21. The molecule has 1 aromatic rings. The Balaban J connectivity index is 2.74. The molecule has 1 atom stereocenters. The average molecular weight is 238 g/mol. The maximum Gasteiger partial charge on any atom is 0.243 e. The largest absolute Gasteiger partial charge is 0.481 e. The highest BCUT2D eigenvalue weighted by atomic mass is 16.5. The summed E-state index contributed by atoms with van der Waals surface area (Å²) in [6.45, 7) is 3.77. The molecule has 94 valence electrons. The number of nitrogens with one attached hydrogen (secondary N) is 1. The van der Waals surface area contributed by atoms with E-state index in [9.17, 15) is 4.79 Å². The molecule has 6 heteroatoms. The van der Waals surface area contributed by atoms with Crippen LogP contribution in [0.15, 0.2) is 6.07 Å². The van der Waals surface area contributed by atoms with Crippen LogP contribution in [0.2, 0.25) is 0 Å². The highest BCUT2D eigenvalue weighted by Crippen LogP contribution is 2.11. The van der Waals surface area contributed by atoms with E-state index in [1.54, 1.807) is 13.0 Å². The molecule has 0 bridgehead atoms. The summed E-state index contributed by atoms with van der Waals surface area (Å²) in [7, 11) is 1.51. The van der Waals surface area contributed by atoms with Gasteiger partial charge in [0.15, 0.2) is 0 Å². The van der Waals surface area contributed by atoms with Gasteiger partial charge < -0.3 is 10.5 Å². The van der Waals surface area contributed by atoms with Crippen molar-refractivity contribution in [1.29, 1.82) is 0 Å². The van der Waals surface area contributed by atoms with Crippen molar-refractivity contribution in [2.75, 3.05) is 12.4 Å². The number of aromatic nitrogens is 2. The zero-order valence-corrected chi connectivity index (χ0v) is 10.4. The summed E-state index contributed by atoms with van der Waals surface area (Å²) in [5.74, 6) is 0.356. The first-order chi connectivity index (χ1) is 8.06. The molecule has 0 saturated heterocycles. The SMILES string of the molecule is CCCC(N)C(=O)Nc1nc(C)cc(OC)n1. The van der Waals surface area contributed by atoms with E-state index in [1.807, 2.05) is 6.92 Å². The Kier molecular flexibility index (Phi) is 4.84. The molecule has 3 N–H and O–H groups in total. The Hall–Kier alpha value is -1.69. The van der Waals surface area contributed by atoms with E-state index in [0.29, 0.717) is 12.3 Å². The Morgan fingerprint density at radius 2 is 2.29 bits per heavy atom. The van der Waals surface area contributed by atoms with E-state index in [0.717, 1.165) is 12.1 Å². The first kappa shape index (κ1) is 13.4. The number of amides is 1. The lowest BCUT2D eigenvalue weighted by Gasteiger charge is -2.10. The van der Waals surface area contributed by atoms with E-state index < -0.39 is 6.04 Å². The van der Waals surface area contributed by atoms with Gasteiger partial charge in [0.05, 0.1) is 13.2 Å². The number of rotatable bonds is 5. The first-order valence-corrected chi connectivity index (χ1v) is 5.53. The van der Waals surface area contributed by atoms with Gasteiger partial charge in [0.25, 0.3) is 0 Å². The number of aryl methyl sites for hydroxylation is 1. The molecule has 0 aromatic carbocycles. The number of hydrogen-bond donors (Lipinski definition) is 2. The van der Waals surface area contributed by atoms with Gasteiger partial charge in [-0.15, -0.1) is 0 Å². The number of methoxy groups -OCH3 is 1. The van der Waals surface area contributed by atoms with Crippen LogP contribution >= 0.6 is 0 Å². The van der Waals surface area contributed by atoms with Crippen molar-refractivity contribution in [3.8, 4) is 5.88 Å². The lowest BCUT2D eigenvalue weighted by Crippen LogP contribution is -2.35. The van der Waals surface area contributed by atoms with Crippen molar-refractivity contribution in [2.45, 2.75) is 32.7 Å². The molecule has 0 radical (unpaired) electrons. The predicted molar refractivity (Wildman–Crippen MR) is 64.8 cm³/mol. The zero-order valence-electron chi connectivity index (χ0n) is 10.4. The number of hydrogen-bond acceptors (Lipinski definition) is 5. The highest BCUT2D eigenvalue weighted by Gasteiger charge is 2.14. The molecular formula is C11H18N4O2. The van der Waals surface area contributed by atoms with Crippen molar-refractivity contribution >= 4 is 11.9 Å². The van der Waals surface area contributed by atoms with Crippen molar-refractivity contribution in [2.24, 2.45) is 5.73 Å². The van der Waals surface area contributed by atoms with Crippen LogP contribution < -0.4 is 15.8 Å². The van der Waals surface area contributed by atoms with Crippen LogP contribution in [-0.2, 0) is 4.79 Å². The van der Waals surface area contributed by atoms with Crippen molar-refractivity contribution in [1.82, 2.24) is 9.97 Å². The fraction of sp³-hybridized carbons (Fsp3) is 0.545. The molecule has 0 aliphatic heterocycles. The summed E-state index contributed by atoms with van der Waals surface area (Å²) in [5.41, 5.74) is 6.40. The van der Waals surface area contributed by atoms with E-state index in [1.165, 1.54) is 7.11 Å². The second-order valence-corrected chi connectivity index (χ2v) is 3.76. The van der Waals surface area contributed by atoms with E-state index in [2.05, 4.69) is 15.3 Å².